The number of amides is 1. The summed E-state index contributed by atoms with van der Waals surface area (Å²) in [6.07, 6.45) is 0. The van der Waals surface area contributed by atoms with E-state index in [9.17, 15) is 4.79 Å². The second kappa shape index (κ2) is 8.10. The Balaban J connectivity index is 1.44. The molecule has 3 aromatic carbocycles. The van der Waals surface area contributed by atoms with E-state index in [1.165, 1.54) is 0 Å². The molecule has 0 aliphatic heterocycles. The van der Waals surface area contributed by atoms with Crippen LogP contribution < -0.4 is 5.32 Å². The molecule has 2 N–H and O–H groups in total. The highest BCUT2D eigenvalue weighted by Crippen LogP contribution is 2.24. The van der Waals surface area contributed by atoms with Gasteiger partial charge in [0, 0.05) is 17.9 Å². The van der Waals surface area contributed by atoms with Crippen LogP contribution in [-0.4, -0.2) is 15.9 Å². The van der Waals surface area contributed by atoms with E-state index in [2.05, 4.69) is 15.3 Å². The van der Waals surface area contributed by atoms with Crippen molar-refractivity contribution in [3.8, 4) is 0 Å². The predicted octanol–water partition coefficient (Wildman–Crippen LogP) is 4.79. The average Bonchev–Trinajstić information content (AvgIpc) is 3.14. The summed E-state index contributed by atoms with van der Waals surface area (Å²) in [6, 6.07) is 25.6. The van der Waals surface area contributed by atoms with Crippen molar-refractivity contribution in [2.24, 2.45) is 0 Å². The number of carbonyl (C=O) groups is 1. The van der Waals surface area contributed by atoms with E-state index < -0.39 is 0 Å². The molecule has 0 radical (unpaired) electrons. The van der Waals surface area contributed by atoms with Gasteiger partial charge in [0.15, 0.2) is 5.16 Å². The third-order valence-electron chi connectivity index (χ3n) is 4.29. The highest BCUT2D eigenvalue weighted by molar-refractivity contribution is 7.98. The van der Waals surface area contributed by atoms with Crippen LogP contribution in [0.5, 0.6) is 0 Å². The van der Waals surface area contributed by atoms with E-state index in [4.69, 9.17) is 0 Å². The van der Waals surface area contributed by atoms with Crippen LogP contribution >= 0.6 is 11.8 Å². The lowest BCUT2D eigenvalue weighted by Crippen LogP contribution is -2.23. The number of rotatable bonds is 6. The van der Waals surface area contributed by atoms with Crippen molar-refractivity contribution in [2.45, 2.75) is 17.5 Å². The molecular formula is C22H19N3OS. The van der Waals surface area contributed by atoms with E-state index in [1.54, 1.807) is 11.8 Å². The monoisotopic (exact) mass is 373 g/mol. The number of carbonyl (C=O) groups excluding carboxylic acids is 1. The minimum atomic E-state index is -0.0559. The molecule has 4 nitrogen and oxygen atoms in total. The van der Waals surface area contributed by atoms with Gasteiger partial charge in [-0.2, -0.15) is 0 Å². The zero-order valence-electron chi connectivity index (χ0n) is 14.7. The summed E-state index contributed by atoms with van der Waals surface area (Å²) in [4.78, 5) is 20.5. The lowest BCUT2D eigenvalue weighted by Gasteiger charge is -2.09. The second-order valence-corrected chi connectivity index (χ2v) is 7.14. The number of nitrogens with one attached hydrogen (secondary N) is 2. The molecule has 27 heavy (non-hydrogen) atoms. The Labute approximate surface area is 162 Å². The third-order valence-corrected chi connectivity index (χ3v) is 5.21. The Kier molecular flexibility index (Phi) is 5.21. The Bertz CT molecular complexity index is 1030. The van der Waals surface area contributed by atoms with Gasteiger partial charge < -0.3 is 10.3 Å². The average molecular weight is 373 g/mol. The Morgan fingerprint density at radius 1 is 0.926 bits per heavy atom. The molecule has 4 aromatic rings. The molecule has 0 saturated carbocycles. The van der Waals surface area contributed by atoms with E-state index in [-0.39, 0.29) is 5.91 Å². The molecule has 0 spiro atoms. The molecule has 0 fully saturated rings. The topological polar surface area (TPSA) is 57.8 Å². The lowest BCUT2D eigenvalue weighted by molar-refractivity contribution is 0.0950. The van der Waals surface area contributed by atoms with Gasteiger partial charge in [-0.15, -0.1) is 0 Å². The largest absolute Gasteiger partial charge is 0.348 e. The molecule has 0 saturated heterocycles. The molecule has 0 atom stereocenters. The molecular weight excluding hydrogens is 354 g/mol. The molecule has 1 amide bonds. The first-order chi connectivity index (χ1) is 13.3. The van der Waals surface area contributed by atoms with Crippen LogP contribution in [0.15, 0.2) is 84.0 Å². The summed E-state index contributed by atoms with van der Waals surface area (Å²) in [5, 5.41) is 3.86. The highest BCUT2D eigenvalue weighted by Gasteiger charge is 2.12. The van der Waals surface area contributed by atoms with Gasteiger partial charge in [-0.1, -0.05) is 72.4 Å². The van der Waals surface area contributed by atoms with Crippen molar-refractivity contribution in [1.29, 1.82) is 0 Å². The molecule has 1 aromatic heterocycles. The van der Waals surface area contributed by atoms with Gasteiger partial charge in [-0.25, -0.2) is 4.98 Å². The molecule has 0 aliphatic carbocycles. The van der Waals surface area contributed by atoms with Crippen molar-refractivity contribution in [3.63, 3.8) is 0 Å². The van der Waals surface area contributed by atoms with Crippen LogP contribution in [0.25, 0.3) is 11.0 Å². The molecule has 0 bridgehead atoms. The standard InChI is InChI=1S/C22H19N3OS/c26-21(23-14-16-8-2-1-3-9-16)18-11-5-4-10-17(18)15-27-22-24-19-12-6-7-13-20(19)25-22/h1-13H,14-15H2,(H,23,26)(H,24,25). The summed E-state index contributed by atoms with van der Waals surface area (Å²) in [5.41, 5.74) is 4.76. The zero-order valence-corrected chi connectivity index (χ0v) is 15.5. The van der Waals surface area contributed by atoms with Gasteiger partial charge in [0.25, 0.3) is 5.91 Å². The van der Waals surface area contributed by atoms with Crippen LogP contribution in [0, 0.1) is 0 Å². The number of hydrogen-bond donors (Lipinski definition) is 2. The van der Waals surface area contributed by atoms with Crippen molar-refractivity contribution < 1.29 is 4.79 Å². The molecule has 5 heteroatoms. The van der Waals surface area contributed by atoms with E-state index >= 15 is 0 Å². The Morgan fingerprint density at radius 3 is 2.52 bits per heavy atom. The smallest absolute Gasteiger partial charge is 0.251 e. The Hall–Kier alpha value is -3.05. The van der Waals surface area contributed by atoms with Crippen LogP contribution in [0.4, 0.5) is 0 Å². The molecule has 1 heterocycles. The maximum Gasteiger partial charge on any atom is 0.251 e. The van der Waals surface area contributed by atoms with Crippen LogP contribution in [0.2, 0.25) is 0 Å². The van der Waals surface area contributed by atoms with Crippen molar-refractivity contribution in [1.82, 2.24) is 15.3 Å². The number of thioether (sulfide) groups is 1. The second-order valence-electron chi connectivity index (χ2n) is 6.17. The van der Waals surface area contributed by atoms with Crippen LogP contribution in [-0.2, 0) is 12.3 Å². The molecule has 4 rings (SSSR count). The summed E-state index contributed by atoms with van der Waals surface area (Å²) in [5.74, 6) is 0.619. The van der Waals surface area contributed by atoms with Crippen molar-refractivity contribution in [2.75, 3.05) is 0 Å². The first-order valence-corrected chi connectivity index (χ1v) is 9.76. The maximum atomic E-state index is 12.6. The van der Waals surface area contributed by atoms with E-state index in [1.807, 2.05) is 78.9 Å². The normalized spacial score (nSPS) is 10.8. The Morgan fingerprint density at radius 2 is 1.67 bits per heavy atom. The number of aromatic nitrogens is 2. The number of fused-ring (bicyclic) bond motifs is 1. The summed E-state index contributed by atoms with van der Waals surface area (Å²) in [6.45, 7) is 0.519. The number of H-pyrrole nitrogens is 1. The van der Waals surface area contributed by atoms with Crippen LogP contribution in [0.3, 0.4) is 0 Å². The predicted molar refractivity (Wildman–Crippen MR) is 110 cm³/mol. The van der Waals surface area contributed by atoms with E-state index in [0.717, 1.165) is 27.3 Å². The number of aromatic amines is 1. The van der Waals surface area contributed by atoms with Crippen LogP contribution in [0.1, 0.15) is 21.5 Å². The first-order valence-electron chi connectivity index (χ1n) is 8.77. The number of benzene rings is 3. The van der Waals surface area contributed by atoms with Gasteiger partial charge in [0.2, 0.25) is 0 Å². The maximum absolute atomic E-state index is 12.6. The zero-order chi connectivity index (χ0) is 18.5. The first kappa shape index (κ1) is 17.4. The van der Waals surface area contributed by atoms with Gasteiger partial charge in [-0.05, 0) is 29.3 Å². The van der Waals surface area contributed by atoms with Crippen molar-refractivity contribution in [3.05, 3.63) is 95.6 Å². The summed E-state index contributed by atoms with van der Waals surface area (Å²) < 4.78 is 0. The molecule has 134 valence electrons. The fourth-order valence-corrected chi connectivity index (χ4v) is 3.77. The van der Waals surface area contributed by atoms with E-state index in [0.29, 0.717) is 17.9 Å². The third kappa shape index (κ3) is 4.20. The van der Waals surface area contributed by atoms with Gasteiger partial charge in [-0.3, -0.25) is 4.79 Å². The quantitative estimate of drug-likeness (QED) is 0.478. The number of nitrogens with zero attached hydrogens (tertiary/aromatic N) is 1. The lowest BCUT2D eigenvalue weighted by atomic mass is 10.1. The minimum absolute atomic E-state index is 0.0559. The molecule has 0 unspecified atom stereocenters. The van der Waals surface area contributed by atoms with Gasteiger partial charge in [0.05, 0.1) is 11.0 Å². The SMILES string of the molecule is O=C(NCc1ccccc1)c1ccccc1CSc1nc2ccccc2[nH]1. The summed E-state index contributed by atoms with van der Waals surface area (Å²) in [7, 11) is 0. The van der Waals surface area contributed by atoms with Gasteiger partial charge >= 0.3 is 0 Å². The number of imidazole rings is 1. The fraction of sp³-hybridized carbons (Fsp3) is 0.0909. The number of hydrogen-bond acceptors (Lipinski definition) is 3. The fourth-order valence-electron chi connectivity index (χ4n) is 2.88. The van der Waals surface area contributed by atoms with Gasteiger partial charge in [0.1, 0.15) is 0 Å². The molecule has 0 aliphatic rings. The minimum Gasteiger partial charge on any atom is -0.348 e. The highest BCUT2D eigenvalue weighted by atomic mass is 32.2. The number of para-hydroxylation sites is 2. The summed E-state index contributed by atoms with van der Waals surface area (Å²) >= 11 is 1.60. The van der Waals surface area contributed by atoms with Crippen molar-refractivity contribution >= 4 is 28.7 Å².